The van der Waals surface area contributed by atoms with E-state index in [4.69, 9.17) is 5.73 Å². The second kappa shape index (κ2) is 4.91. The van der Waals surface area contributed by atoms with Crippen LogP contribution in [-0.2, 0) is 6.42 Å². The summed E-state index contributed by atoms with van der Waals surface area (Å²) in [5, 5.41) is 0. The largest absolute Gasteiger partial charge is 0.328 e. The Balaban J connectivity index is 2.95. The van der Waals surface area contributed by atoms with Crippen molar-refractivity contribution in [2.45, 2.75) is 32.9 Å². The molecular weight excluding hydrogens is 208 g/mol. The minimum Gasteiger partial charge on any atom is -0.328 e. The third kappa shape index (κ3) is 2.79. The molecule has 0 saturated carbocycles. The van der Waals surface area contributed by atoms with Crippen LogP contribution in [0.3, 0.4) is 0 Å². The van der Waals surface area contributed by atoms with Gasteiger partial charge in [0.15, 0.2) is 0 Å². The molecular formula is C13H19F2N. The van der Waals surface area contributed by atoms with Gasteiger partial charge in [0.1, 0.15) is 11.5 Å². The van der Waals surface area contributed by atoms with Crippen LogP contribution in [0.15, 0.2) is 18.2 Å². The van der Waals surface area contributed by atoms with Gasteiger partial charge < -0.3 is 5.73 Å². The third-order valence-corrected chi connectivity index (χ3v) is 3.16. The molecule has 1 atom stereocenters. The number of hydrogen-bond acceptors (Lipinski definition) is 1. The van der Waals surface area contributed by atoms with Gasteiger partial charge in [0.05, 0.1) is 0 Å². The highest BCUT2D eigenvalue weighted by molar-refractivity contribution is 5.28. The standard InChI is InChI=1S/C13H19F2N/c1-9(2)13(15,8-16)7-11-4-5-12(14)6-10(11)3/h4-6,9H,7-8,16H2,1-3H3. The maximum absolute atomic E-state index is 14.4. The van der Waals surface area contributed by atoms with Crippen LogP contribution in [0.2, 0.25) is 0 Å². The van der Waals surface area contributed by atoms with Gasteiger partial charge in [-0.05, 0) is 36.1 Å². The average Bonchev–Trinajstić information content (AvgIpc) is 2.22. The topological polar surface area (TPSA) is 26.0 Å². The predicted molar refractivity (Wildman–Crippen MR) is 62.6 cm³/mol. The summed E-state index contributed by atoms with van der Waals surface area (Å²) in [5.41, 5.74) is 5.67. The zero-order chi connectivity index (χ0) is 12.3. The fourth-order valence-electron chi connectivity index (χ4n) is 1.69. The van der Waals surface area contributed by atoms with Crippen molar-refractivity contribution in [3.05, 3.63) is 35.1 Å². The fourth-order valence-corrected chi connectivity index (χ4v) is 1.69. The van der Waals surface area contributed by atoms with Crippen LogP contribution in [0, 0.1) is 18.7 Å². The quantitative estimate of drug-likeness (QED) is 0.840. The minimum atomic E-state index is -1.41. The highest BCUT2D eigenvalue weighted by atomic mass is 19.1. The molecule has 0 aliphatic heterocycles. The number of nitrogens with two attached hydrogens (primary N) is 1. The molecule has 0 aromatic heterocycles. The van der Waals surface area contributed by atoms with E-state index in [1.165, 1.54) is 12.1 Å². The van der Waals surface area contributed by atoms with Crippen molar-refractivity contribution in [3.63, 3.8) is 0 Å². The Hall–Kier alpha value is -0.960. The number of hydrogen-bond donors (Lipinski definition) is 1. The van der Waals surface area contributed by atoms with Gasteiger partial charge in [-0.3, -0.25) is 0 Å². The lowest BCUT2D eigenvalue weighted by Crippen LogP contribution is -2.40. The molecule has 0 heterocycles. The van der Waals surface area contributed by atoms with E-state index in [1.807, 2.05) is 13.8 Å². The Bertz CT molecular complexity index is 363. The molecule has 0 radical (unpaired) electrons. The van der Waals surface area contributed by atoms with Crippen molar-refractivity contribution in [2.24, 2.45) is 11.7 Å². The molecule has 3 heteroatoms. The van der Waals surface area contributed by atoms with E-state index in [0.29, 0.717) is 0 Å². The summed E-state index contributed by atoms with van der Waals surface area (Å²) in [6, 6.07) is 4.42. The van der Waals surface area contributed by atoms with E-state index in [2.05, 4.69) is 0 Å². The van der Waals surface area contributed by atoms with Crippen molar-refractivity contribution >= 4 is 0 Å². The molecule has 0 fully saturated rings. The Morgan fingerprint density at radius 3 is 2.44 bits per heavy atom. The Morgan fingerprint density at radius 1 is 1.38 bits per heavy atom. The summed E-state index contributed by atoms with van der Waals surface area (Å²) < 4.78 is 27.3. The van der Waals surface area contributed by atoms with Crippen LogP contribution in [-0.4, -0.2) is 12.2 Å². The first-order chi connectivity index (χ1) is 7.39. The second-order valence-corrected chi connectivity index (χ2v) is 4.64. The molecule has 0 bridgehead atoms. The molecule has 1 aromatic carbocycles. The lowest BCUT2D eigenvalue weighted by atomic mass is 9.85. The van der Waals surface area contributed by atoms with Gasteiger partial charge in [-0.1, -0.05) is 19.9 Å². The van der Waals surface area contributed by atoms with Crippen molar-refractivity contribution in [1.82, 2.24) is 0 Å². The Morgan fingerprint density at radius 2 is 2.00 bits per heavy atom. The molecule has 1 rings (SSSR count). The van der Waals surface area contributed by atoms with Gasteiger partial charge in [0.25, 0.3) is 0 Å². The van der Waals surface area contributed by atoms with Crippen LogP contribution >= 0.6 is 0 Å². The normalized spacial score (nSPS) is 15.2. The van der Waals surface area contributed by atoms with Crippen LogP contribution < -0.4 is 5.73 Å². The molecule has 0 saturated heterocycles. The summed E-state index contributed by atoms with van der Waals surface area (Å²) in [4.78, 5) is 0. The van der Waals surface area contributed by atoms with E-state index < -0.39 is 5.67 Å². The molecule has 2 N–H and O–H groups in total. The molecule has 0 amide bonds. The van der Waals surface area contributed by atoms with Crippen molar-refractivity contribution in [3.8, 4) is 0 Å². The molecule has 1 nitrogen and oxygen atoms in total. The number of halogens is 2. The number of rotatable bonds is 4. The number of benzene rings is 1. The van der Waals surface area contributed by atoms with Crippen molar-refractivity contribution in [2.75, 3.05) is 6.54 Å². The minimum absolute atomic E-state index is 0.0124. The summed E-state index contributed by atoms with van der Waals surface area (Å²) in [7, 11) is 0. The molecule has 1 unspecified atom stereocenters. The first-order valence-corrected chi connectivity index (χ1v) is 5.53. The number of alkyl halides is 1. The van der Waals surface area contributed by atoms with E-state index in [1.54, 1.807) is 13.0 Å². The van der Waals surface area contributed by atoms with Crippen molar-refractivity contribution in [1.29, 1.82) is 0 Å². The lowest BCUT2D eigenvalue weighted by molar-refractivity contribution is 0.110. The third-order valence-electron chi connectivity index (χ3n) is 3.16. The molecule has 0 aliphatic rings. The molecule has 1 aromatic rings. The van der Waals surface area contributed by atoms with Gasteiger partial charge in [-0.2, -0.15) is 0 Å². The predicted octanol–water partition coefficient (Wildman–Crippen LogP) is 3.00. The first-order valence-electron chi connectivity index (χ1n) is 5.53. The van der Waals surface area contributed by atoms with Crippen LogP contribution in [0.4, 0.5) is 8.78 Å². The van der Waals surface area contributed by atoms with Crippen molar-refractivity contribution < 1.29 is 8.78 Å². The van der Waals surface area contributed by atoms with Crippen LogP contribution in [0.5, 0.6) is 0 Å². The van der Waals surface area contributed by atoms with E-state index in [9.17, 15) is 8.78 Å². The Kier molecular flexibility index (Phi) is 4.03. The Labute approximate surface area is 95.7 Å². The molecule has 16 heavy (non-hydrogen) atoms. The van der Waals surface area contributed by atoms with Gasteiger partial charge in [-0.15, -0.1) is 0 Å². The summed E-state index contributed by atoms with van der Waals surface area (Å²) in [5.74, 6) is -0.440. The maximum Gasteiger partial charge on any atom is 0.129 e. The second-order valence-electron chi connectivity index (χ2n) is 4.64. The van der Waals surface area contributed by atoms with E-state index in [-0.39, 0.29) is 24.7 Å². The summed E-state index contributed by atoms with van der Waals surface area (Å²) >= 11 is 0. The highest BCUT2D eigenvalue weighted by Crippen LogP contribution is 2.27. The van der Waals surface area contributed by atoms with Crippen LogP contribution in [0.25, 0.3) is 0 Å². The maximum atomic E-state index is 14.4. The monoisotopic (exact) mass is 227 g/mol. The summed E-state index contributed by atoms with van der Waals surface area (Å²) in [6.07, 6.45) is 0.243. The SMILES string of the molecule is Cc1cc(F)ccc1CC(F)(CN)C(C)C. The van der Waals surface area contributed by atoms with Crippen LogP contribution in [0.1, 0.15) is 25.0 Å². The summed E-state index contributed by atoms with van der Waals surface area (Å²) in [6.45, 7) is 5.40. The zero-order valence-corrected chi connectivity index (χ0v) is 10.1. The first kappa shape index (κ1) is 13.1. The smallest absolute Gasteiger partial charge is 0.129 e. The van der Waals surface area contributed by atoms with E-state index >= 15 is 0 Å². The molecule has 0 aliphatic carbocycles. The van der Waals surface area contributed by atoms with E-state index in [0.717, 1.165) is 11.1 Å². The fraction of sp³-hybridized carbons (Fsp3) is 0.538. The number of aryl methyl sites for hydroxylation is 1. The van der Waals surface area contributed by atoms with Gasteiger partial charge in [0, 0.05) is 13.0 Å². The lowest BCUT2D eigenvalue weighted by Gasteiger charge is -2.28. The van der Waals surface area contributed by atoms with Gasteiger partial charge in [-0.25, -0.2) is 8.78 Å². The molecule has 90 valence electrons. The highest BCUT2D eigenvalue weighted by Gasteiger charge is 2.32. The molecule has 0 spiro atoms. The van der Waals surface area contributed by atoms with Gasteiger partial charge in [0.2, 0.25) is 0 Å². The zero-order valence-electron chi connectivity index (χ0n) is 10.1. The van der Waals surface area contributed by atoms with Gasteiger partial charge >= 0.3 is 0 Å². The average molecular weight is 227 g/mol.